The maximum atomic E-state index is 13.1. The van der Waals surface area contributed by atoms with Gasteiger partial charge in [-0.15, -0.1) is 0 Å². The van der Waals surface area contributed by atoms with Gasteiger partial charge in [0.25, 0.3) is 0 Å². The molecule has 1 fully saturated rings. The first kappa shape index (κ1) is 25.2. The molecule has 2 heterocycles. The minimum Gasteiger partial charge on any atom is -0.299 e. The predicted octanol–water partition coefficient (Wildman–Crippen LogP) is 6.82. The van der Waals surface area contributed by atoms with Crippen LogP contribution in [0.5, 0.6) is 0 Å². The molecule has 188 valence electrons. The number of fused-ring (bicyclic) bond motifs is 1. The fourth-order valence-electron chi connectivity index (χ4n) is 5.72. The Hall–Kier alpha value is -2.46. The Labute approximate surface area is 221 Å². The van der Waals surface area contributed by atoms with E-state index >= 15 is 0 Å². The molecular weight excluding hydrogens is 464 g/mol. The van der Waals surface area contributed by atoms with Crippen LogP contribution < -0.4 is 0 Å². The highest BCUT2D eigenvalue weighted by atomic mass is 35.5. The quantitative estimate of drug-likeness (QED) is 0.317. The first-order valence-electron chi connectivity index (χ1n) is 13.5. The van der Waals surface area contributed by atoms with Gasteiger partial charge in [-0.25, -0.2) is 0 Å². The molecule has 0 spiro atoms. The number of Topliss-reactive ketones (excluding diaryl/α,β-unsaturated/α-hetero) is 1. The molecule has 5 rings (SSSR count). The molecule has 0 atom stereocenters. The fraction of sp³-hybridized carbons (Fsp3) is 0.406. The third kappa shape index (κ3) is 6.64. The summed E-state index contributed by atoms with van der Waals surface area (Å²) in [6.07, 6.45) is 6.07. The van der Waals surface area contributed by atoms with Gasteiger partial charge in [-0.3, -0.25) is 14.6 Å². The standard InChI is InChI=1S/C32H37ClN2O/c33-31-9-5-4-8-30(31)24-35-18-14-25(15-19-35)10-13-32(36)29-12-11-27-16-20-34(21-17-28(27)22-29)23-26-6-2-1-3-7-26/h1-9,11-12,22,25H,10,13-21,23-24H2. The minimum atomic E-state index is 0.307. The Morgan fingerprint density at radius 1 is 0.778 bits per heavy atom. The zero-order chi connectivity index (χ0) is 24.7. The van der Waals surface area contributed by atoms with Gasteiger partial charge in [0, 0.05) is 43.2 Å². The summed E-state index contributed by atoms with van der Waals surface area (Å²) in [5.74, 6) is 0.950. The van der Waals surface area contributed by atoms with Crippen molar-refractivity contribution in [3.63, 3.8) is 0 Å². The highest BCUT2D eigenvalue weighted by Crippen LogP contribution is 2.26. The summed E-state index contributed by atoms with van der Waals surface area (Å²) in [6.45, 7) is 6.21. The lowest BCUT2D eigenvalue weighted by molar-refractivity contribution is 0.0961. The number of hydrogen-bond donors (Lipinski definition) is 0. The van der Waals surface area contributed by atoms with Gasteiger partial charge in [-0.2, -0.15) is 0 Å². The first-order chi connectivity index (χ1) is 17.6. The molecule has 0 saturated carbocycles. The molecule has 3 aromatic carbocycles. The normalized spacial score (nSPS) is 17.5. The van der Waals surface area contributed by atoms with Crippen molar-refractivity contribution in [2.75, 3.05) is 26.2 Å². The zero-order valence-electron chi connectivity index (χ0n) is 21.2. The van der Waals surface area contributed by atoms with Gasteiger partial charge < -0.3 is 0 Å². The largest absolute Gasteiger partial charge is 0.299 e. The van der Waals surface area contributed by atoms with E-state index in [1.54, 1.807) is 0 Å². The smallest absolute Gasteiger partial charge is 0.162 e. The summed E-state index contributed by atoms with van der Waals surface area (Å²) in [4.78, 5) is 18.1. The van der Waals surface area contributed by atoms with Gasteiger partial charge >= 0.3 is 0 Å². The number of ketones is 1. The van der Waals surface area contributed by atoms with Crippen LogP contribution in [-0.4, -0.2) is 41.8 Å². The molecule has 1 saturated heterocycles. The average Bonchev–Trinajstić information content (AvgIpc) is 3.12. The van der Waals surface area contributed by atoms with Crippen LogP contribution in [0.1, 0.15) is 58.3 Å². The van der Waals surface area contributed by atoms with Crippen molar-refractivity contribution in [2.24, 2.45) is 5.92 Å². The van der Waals surface area contributed by atoms with Crippen LogP contribution in [-0.2, 0) is 25.9 Å². The highest BCUT2D eigenvalue weighted by molar-refractivity contribution is 6.31. The van der Waals surface area contributed by atoms with Gasteiger partial charge in [0.1, 0.15) is 0 Å². The van der Waals surface area contributed by atoms with Crippen LogP contribution in [0.15, 0.2) is 72.8 Å². The fourth-order valence-corrected chi connectivity index (χ4v) is 5.92. The van der Waals surface area contributed by atoms with Gasteiger partial charge in [0.15, 0.2) is 5.78 Å². The van der Waals surface area contributed by atoms with Crippen molar-refractivity contribution in [1.82, 2.24) is 9.80 Å². The van der Waals surface area contributed by atoms with E-state index in [4.69, 9.17) is 11.6 Å². The first-order valence-corrected chi connectivity index (χ1v) is 13.9. The maximum absolute atomic E-state index is 13.1. The van der Waals surface area contributed by atoms with Crippen molar-refractivity contribution in [3.05, 3.63) is 106 Å². The van der Waals surface area contributed by atoms with Crippen LogP contribution in [0, 0.1) is 5.92 Å². The van der Waals surface area contributed by atoms with Crippen molar-refractivity contribution >= 4 is 17.4 Å². The second-order valence-electron chi connectivity index (χ2n) is 10.5. The van der Waals surface area contributed by atoms with E-state index in [9.17, 15) is 4.79 Å². The molecule has 0 radical (unpaired) electrons. The second kappa shape index (κ2) is 12.2. The van der Waals surface area contributed by atoms with E-state index in [0.29, 0.717) is 18.1 Å². The number of benzene rings is 3. The van der Waals surface area contributed by atoms with Crippen molar-refractivity contribution in [2.45, 2.75) is 51.6 Å². The molecular formula is C32H37ClN2O. The van der Waals surface area contributed by atoms with E-state index in [1.807, 2.05) is 12.1 Å². The third-order valence-electron chi connectivity index (χ3n) is 8.01. The number of piperidine rings is 1. The van der Waals surface area contributed by atoms with Crippen molar-refractivity contribution in [1.29, 1.82) is 0 Å². The van der Waals surface area contributed by atoms with E-state index in [0.717, 1.165) is 69.1 Å². The molecule has 0 bridgehead atoms. The molecule has 0 aromatic heterocycles. The van der Waals surface area contributed by atoms with Gasteiger partial charge in [-0.1, -0.05) is 72.3 Å². The summed E-state index contributed by atoms with van der Waals surface area (Å²) in [5, 5.41) is 0.856. The lowest BCUT2D eigenvalue weighted by Crippen LogP contribution is -2.33. The molecule has 36 heavy (non-hydrogen) atoms. The molecule has 3 aromatic rings. The molecule has 3 nitrogen and oxygen atoms in total. The highest BCUT2D eigenvalue weighted by Gasteiger charge is 2.21. The number of carbonyl (C=O) groups excluding carboxylic acids is 1. The van der Waals surface area contributed by atoms with E-state index in [-0.39, 0.29) is 0 Å². The molecule has 0 aliphatic carbocycles. The van der Waals surface area contributed by atoms with Crippen LogP contribution in [0.25, 0.3) is 0 Å². The molecule has 2 aliphatic rings. The van der Waals surface area contributed by atoms with Crippen molar-refractivity contribution < 1.29 is 4.79 Å². The number of halogens is 1. The summed E-state index contributed by atoms with van der Waals surface area (Å²) < 4.78 is 0. The third-order valence-corrected chi connectivity index (χ3v) is 8.38. The van der Waals surface area contributed by atoms with E-state index in [1.165, 1.54) is 35.1 Å². The van der Waals surface area contributed by atoms with Gasteiger partial charge in [0.05, 0.1) is 0 Å². The lowest BCUT2D eigenvalue weighted by atomic mass is 9.89. The lowest BCUT2D eigenvalue weighted by Gasteiger charge is -2.32. The van der Waals surface area contributed by atoms with E-state index in [2.05, 4.69) is 70.5 Å². The Kier molecular flexibility index (Phi) is 8.53. The predicted molar refractivity (Wildman–Crippen MR) is 149 cm³/mol. The number of rotatable bonds is 8. The Bertz CT molecular complexity index is 1150. The van der Waals surface area contributed by atoms with E-state index < -0.39 is 0 Å². The Balaban J connectivity index is 1.09. The summed E-state index contributed by atoms with van der Waals surface area (Å²) in [5.41, 5.74) is 6.26. The van der Waals surface area contributed by atoms with Crippen molar-refractivity contribution in [3.8, 4) is 0 Å². The van der Waals surface area contributed by atoms with Crippen LogP contribution in [0.4, 0.5) is 0 Å². The molecule has 0 unspecified atom stereocenters. The number of likely N-dealkylation sites (tertiary alicyclic amines) is 1. The molecule has 4 heteroatoms. The molecule has 2 aliphatic heterocycles. The van der Waals surface area contributed by atoms with Gasteiger partial charge in [0.2, 0.25) is 0 Å². The van der Waals surface area contributed by atoms with Crippen LogP contribution >= 0.6 is 11.6 Å². The Morgan fingerprint density at radius 2 is 1.47 bits per heavy atom. The second-order valence-corrected chi connectivity index (χ2v) is 10.9. The van der Waals surface area contributed by atoms with Crippen LogP contribution in [0.2, 0.25) is 5.02 Å². The summed E-state index contributed by atoms with van der Waals surface area (Å²) >= 11 is 6.34. The maximum Gasteiger partial charge on any atom is 0.162 e. The summed E-state index contributed by atoms with van der Waals surface area (Å²) in [6, 6.07) is 25.3. The van der Waals surface area contributed by atoms with Gasteiger partial charge in [-0.05, 0) is 85.5 Å². The number of nitrogens with zero attached hydrogens (tertiary/aromatic N) is 2. The molecule has 0 amide bonds. The average molecular weight is 501 g/mol. The number of hydrogen-bond acceptors (Lipinski definition) is 3. The topological polar surface area (TPSA) is 23.6 Å². The monoisotopic (exact) mass is 500 g/mol. The Morgan fingerprint density at radius 3 is 2.25 bits per heavy atom. The van der Waals surface area contributed by atoms with Crippen LogP contribution in [0.3, 0.4) is 0 Å². The SMILES string of the molecule is O=C(CCC1CCN(Cc2ccccc2Cl)CC1)c1ccc2c(c1)CCN(Cc1ccccc1)CC2. The number of carbonyl (C=O) groups is 1. The molecule has 0 N–H and O–H groups in total. The summed E-state index contributed by atoms with van der Waals surface area (Å²) in [7, 11) is 0. The zero-order valence-corrected chi connectivity index (χ0v) is 21.9. The minimum absolute atomic E-state index is 0.307.